The molecule has 0 saturated heterocycles. The Bertz CT molecular complexity index is 2830. The number of hydrogen-bond acceptors (Lipinski definition) is 14. The highest BCUT2D eigenvalue weighted by Crippen LogP contribution is 2.16. The van der Waals surface area contributed by atoms with Crippen LogP contribution in [0.1, 0.15) is 124 Å². The third kappa shape index (κ3) is 29.5. The third-order valence-electron chi connectivity index (χ3n) is 11.4. The largest absolute Gasteiger partial charge is 0.481 e. The number of carbonyl (C=O) groups excluding carboxylic acids is 7. The van der Waals surface area contributed by atoms with E-state index in [2.05, 4.69) is 5.32 Å². The first kappa shape index (κ1) is 67.5. The van der Waals surface area contributed by atoms with Gasteiger partial charge < -0.3 is 39.8 Å². The van der Waals surface area contributed by atoms with Gasteiger partial charge in [-0.15, -0.1) is 0 Å². The molecule has 0 unspecified atom stereocenters. The predicted octanol–water partition coefficient (Wildman–Crippen LogP) is 11.0. The summed E-state index contributed by atoms with van der Waals surface area (Å²) >= 11 is 0. The fourth-order valence-corrected chi connectivity index (χ4v) is 7.03. The van der Waals surface area contributed by atoms with Gasteiger partial charge in [0, 0.05) is 25.2 Å². The zero-order valence-electron chi connectivity index (χ0n) is 48.1. The molecule has 0 aliphatic heterocycles. The normalized spacial score (nSPS) is 12.1. The summed E-state index contributed by atoms with van der Waals surface area (Å²) in [7, 11) is 0. The van der Waals surface area contributed by atoms with E-state index in [-0.39, 0.29) is 49.9 Å². The number of aliphatic carboxylic acids is 1. The van der Waals surface area contributed by atoms with E-state index < -0.39 is 59.0 Å². The molecule has 6 rings (SSSR count). The van der Waals surface area contributed by atoms with Crippen molar-refractivity contribution in [3.63, 3.8) is 0 Å². The Morgan fingerprint density at radius 1 is 0.463 bits per heavy atom. The van der Waals surface area contributed by atoms with Crippen LogP contribution in [0.25, 0.3) is 0 Å². The maximum atomic E-state index is 12.8. The maximum absolute atomic E-state index is 12.8. The highest BCUT2D eigenvalue weighted by Gasteiger charge is 2.27. The number of carboxylic acids is 1. The second kappa shape index (κ2) is 35.8. The topological polar surface area (TPSA) is 241 Å². The molecule has 0 aromatic heterocycles. The number of rotatable bonds is 21. The number of nitrogens with two attached hydrogens (primary N) is 1. The molecular formula is C66H78N2O14. The van der Waals surface area contributed by atoms with E-state index in [9.17, 15) is 38.4 Å². The zero-order valence-corrected chi connectivity index (χ0v) is 48.1. The number of carboxylic acid groups (broad SMARTS) is 1. The number of benzene rings is 6. The summed E-state index contributed by atoms with van der Waals surface area (Å²) < 4.78 is 25.7. The van der Waals surface area contributed by atoms with Gasteiger partial charge in [0.1, 0.15) is 36.5 Å². The monoisotopic (exact) mass is 1120 g/mol. The summed E-state index contributed by atoms with van der Waals surface area (Å²) in [6.07, 6.45) is 1.76. The Hall–Kier alpha value is -8.76. The van der Waals surface area contributed by atoms with Crippen LogP contribution in [0.2, 0.25) is 0 Å². The Balaban J connectivity index is 0.000000304. The van der Waals surface area contributed by atoms with Gasteiger partial charge in [-0.05, 0) is 107 Å². The Morgan fingerprint density at radius 2 is 0.793 bits per heavy atom. The van der Waals surface area contributed by atoms with Crippen LogP contribution in [0.5, 0.6) is 0 Å². The molecule has 0 spiro atoms. The third-order valence-corrected chi connectivity index (χ3v) is 11.4. The van der Waals surface area contributed by atoms with Gasteiger partial charge in [-0.25, -0.2) is 14.4 Å². The molecule has 6 aromatic rings. The summed E-state index contributed by atoms with van der Waals surface area (Å²) in [5.74, 6) is -4.96. The number of hydrogen-bond donors (Lipinski definition) is 3. The molecule has 4 atom stereocenters. The van der Waals surface area contributed by atoms with Gasteiger partial charge in [-0.3, -0.25) is 24.0 Å². The molecule has 0 radical (unpaired) electrons. The second-order valence-corrected chi connectivity index (χ2v) is 21.0. The van der Waals surface area contributed by atoms with Crippen LogP contribution in [0.3, 0.4) is 0 Å². The molecule has 0 saturated carbocycles. The fraction of sp³-hybridized carbons (Fsp3) is 0.333. The lowest BCUT2D eigenvalue weighted by Crippen LogP contribution is -2.45. The van der Waals surface area contributed by atoms with E-state index >= 15 is 0 Å². The van der Waals surface area contributed by atoms with E-state index in [1.165, 1.54) is 0 Å². The molecule has 4 N–H and O–H groups in total. The van der Waals surface area contributed by atoms with E-state index in [4.69, 9.17) is 34.5 Å². The molecule has 0 aliphatic rings. The van der Waals surface area contributed by atoms with Crippen molar-refractivity contribution in [3.8, 4) is 0 Å². The van der Waals surface area contributed by atoms with Gasteiger partial charge in [0.2, 0.25) is 5.91 Å². The van der Waals surface area contributed by atoms with Crippen LogP contribution in [-0.2, 0) is 78.5 Å². The number of ether oxygens (including phenoxy) is 5. The lowest BCUT2D eigenvalue weighted by molar-refractivity contribution is -0.156. The lowest BCUT2D eigenvalue weighted by Gasteiger charge is -2.21. The number of amides is 1. The predicted molar refractivity (Wildman–Crippen MR) is 311 cm³/mol. The Labute approximate surface area is 481 Å². The molecule has 6 aromatic carbocycles. The van der Waals surface area contributed by atoms with E-state index in [1.54, 1.807) is 116 Å². The second-order valence-electron chi connectivity index (χ2n) is 21.0. The minimum absolute atomic E-state index is 0.133. The smallest absolute Gasteiger partial charge is 0.346 e. The van der Waals surface area contributed by atoms with Gasteiger partial charge >= 0.3 is 41.8 Å². The molecule has 1 amide bonds. The first-order valence-corrected chi connectivity index (χ1v) is 27.0. The molecule has 82 heavy (non-hydrogen) atoms. The molecule has 436 valence electrons. The quantitative estimate of drug-likeness (QED) is 0.0345. The van der Waals surface area contributed by atoms with Crippen molar-refractivity contribution in [3.05, 3.63) is 215 Å². The zero-order chi connectivity index (χ0) is 60.5. The van der Waals surface area contributed by atoms with E-state index in [0.29, 0.717) is 36.8 Å². The van der Waals surface area contributed by atoms with Gasteiger partial charge in [0.05, 0.1) is 17.0 Å². The van der Waals surface area contributed by atoms with Crippen LogP contribution in [0, 0.1) is 11.8 Å². The van der Waals surface area contributed by atoms with Gasteiger partial charge in [-0.1, -0.05) is 172 Å². The first-order chi connectivity index (χ1) is 38.9. The van der Waals surface area contributed by atoms with Crippen molar-refractivity contribution in [2.24, 2.45) is 17.6 Å². The maximum Gasteiger partial charge on any atom is 0.346 e. The lowest BCUT2D eigenvalue weighted by atomic mass is 10.0. The summed E-state index contributed by atoms with van der Waals surface area (Å²) in [5, 5.41) is 11.4. The minimum Gasteiger partial charge on any atom is -0.481 e. The van der Waals surface area contributed by atoms with Crippen molar-refractivity contribution in [2.75, 3.05) is 0 Å². The number of carbonyl (C=O) groups is 8. The van der Waals surface area contributed by atoms with Crippen molar-refractivity contribution in [1.29, 1.82) is 0 Å². The summed E-state index contributed by atoms with van der Waals surface area (Å²) in [6, 6.07) is 53.5. The standard InChI is InChI=1S/C26H33NO5.C16H17NO2.C14H10O3.C10H18O4/c1-19(15-16-23(28)32-26(2,3)4)24(29)27-22(17-20-11-7-5-8-12-20)25(30)31-18-21-13-9-6-10-14-21;17-15(11-13-7-3-1-4-8-13)16(18)19-12-14-9-5-2-6-10-14;15-13(11-7-3-1-4-8-11)17-14(16)12-9-5-2-6-10-12;1-7(9(12)13)5-6-8(11)14-10(2,3)4/h5-14,19,22H,15-18H2,1-4H3,(H,27,29);1-10,15H,11-12,17H2;1-10H;7H,5-6H2,1-4H3,(H,12,13)/t19-,22+;15-;;7-/m01.0/s1. The molecule has 16 nitrogen and oxygen atoms in total. The minimum atomic E-state index is -0.881. The Morgan fingerprint density at radius 3 is 1.16 bits per heavy atom. The highest BCUT2D eigenvalue weighted by atomic mass is 16.6. The van der Waals surface area contributed by atoms with Crippen LogP contribution < -0.4 is 11.1 Å². The molecule has 16 heteroatoms. The first-order valence-electron chi connectivity index (χ1n) is 27.0. The fourth-order valence-electron chi connectivity index (χ4n) is 7.03. The van der Waals surface area contributed by atoms with Gasteiger partial charge in [0.25, 0.3) is 0 Å². The van der Waals surface area contributed by atoms with Crippen LogP contribution in [0.15, 0.2) is 182 Å². The molecule has 0 aliphatic carbocycles. The van der Waals surface area contributed by atoms with Crippen molar-refractivity contribution < 1.29 is 67.1 Å². The van der Waals surface area contributed by atoms with Crippen molar-refractivity contribution in [1.82, 2.24) is 5.32 Å². The summed E-state index contributed by atoms with van der Waals surface area (Å²) in [6.45, 7) is 14.5. The highest BCUT2D eigenvalue weighted by molar-refractivity contribution is 6.02. The SMILES string of the molecule is C[C@@H](CCC(=O)OC(C)(C)C)C(=O)N[C@H](Cc1ccccc1)C(=O)OCc1ccccc1.C[C@@H](CCC(=O)OC(C)(C)C)C(=O)O.N[C@H](Cc1ccccc1)C(=O)OCc1ccccc1.O=C(OC(=O)c1ccccc1)c1ccccc1. The number of nitrogens with one attached hydrogen (secondary N) is 1. The summed E-state index contributed by atoms with van der Waals surface area (Å²) in [4.78, 5) is 94.0. The number of esters is 6. The van der Waals surface area contributed by atoms with Gasteiger partial charge in [-0.2, -0.15) is 0 Å². The van der Waals surface area contributed by atoms with Crippen LogP contribution in [-0.4, -0.2) is 76.1 Å². The Kier molecular flexibility index (Phi) is 29.5. The molecular weight excluding hydrogens is 1040 g/mol. The summed E-state index contributed by atoms with van der Waals surface area (Å²) in [5.41, 5.74) is 9.27. The van der Waals surface area contributed by atoms with Gasteiger partial charge in [0.15, 0.2) is 0 Å². The van der Waals surface area contributed by atoms with Crippen molar-refractivity contribution >= 4 is 47.7 Å². The molecule has 0 heterocycles. The average molecular weight is 1120 g/mol. The van der Waals surface area contributed by atoms with Crippen LogP contribution in [0.4, 0.5) is 0 Å². The van der Waals surface area contributed by atoms with Crippen LogP contribution >= 0.6 is 0 Å². The molecule has 0 fully saturated rings. The average Bonchev–Trinajstić information content (AvgIpc) is 3.50. The van der Waals surface area contributed by atoms with E-state index in [1.807, 2.05) is 121 Å². The molecule has 0 bridgehead atoms. The van der Waals surface area contributed by atoms with E-state index in [0.717, 1.165) is 22.3 Å². The van der Waals surface area contributed by atoms with Crippen molar-refractivity contribution in [2.45, 2.75) is 130 Å².